The van der Waals surface area contributed by atoms with Gasteiger partial charge in [0.15, 0.2) is 11.5 Å². The van der Waals surface area contributed by atoms with Crippen LogP contribution in [0.15, 0.2) is 34.9 Å². The summed E-state index contributed by atoms with van der Waals surface area (Å²) in [6, 6.07) is 6.28. The van der Waals surface area contributed by atoms with E-state index >= 15 is 0 Å². The standard InChI is InChI=1S/C19H21N3O5/c1-12-7-10-27-18(12)19(24)20-15-5-8-21(9-6-15)16-4-3-14(13(2)23)11-17(16)22(25)26/h3-4,7,10-11,15H,5-6,8-9H2,1-2H3,(H,20,24). The maximum absolute atomic E-state index is 12.3. The number of rotatable bonds is 5. The highest BCUT2D eigenvalue weighted by Gasteiger charge is 2.27. The minimum atomic E-state index is -0.463. The third-order valence-electron chi connectivity index (χ3n) is 4.82. The summed E-state index contributed by atoms with van der Waals surface area (Å²) in [6.45, 7) is 4.34. The number of piperidine rings is 1. The first-order valence-corrected chi connectivity index (χ1v) is 8.76. The summed E-state index contributed by atoms with van der Waals surface area (Å²) < 4.78 is 5.21. The molecule has 1 aliphatic heterocycles. The Hall–Kier alpha value is -3.16. The predicted molar refractivity (Wildman–Crippen MR) is 99.2 cm³/mol. The summed E-state index contributed by atoms with van der Waals surface area (Å²) in [5.41, 5.74) is 1.53. The number of carbonyl (C=O) groups is 2. The van der Waals surface area contributed by atoms with Crippen LogP contribution < -0.4 is 10.2 Å². The van der Waals surface area contributed by atoms with E-state index in [0.29, 0.717) is 42.9 Å². The number of hydrogen-bond donors (Lipinski definition) is 1. The van der Waals surface area contributed by atoms with Crippen molar-refractivity contribution in [2.75, 3.05) is 18.0 Å². The summed E-state index contributed by atoms with van der Waals surface area (Å²) >= 11 is 0. The molecule has 8 heteroatoms. The number of ketones is 1. The largest absolute Gasteiger partial charge is 0.459 e. The normalized spacial score (nSPS) is 14.8. The van der Waals surface area contributed by atoms with Crippen molar-refractivity contribution in [1.29, 1.82) is 0 Å². The molecule has 1 fully saturated rings. The second kappa shape index (κ2) is 7.61. The fourth-order valence-electron chi connectivity index (χ4n) is 3.28. The van der Waals surface area contributed by atoms with Crippen LogP contribution in [0.1, 0.15) is 46.2 Å². The van der Waals surface area contributed by atoms with E-state index < -0.39 is 4.92 Å². The maximum Gasteiger partial charge on any atom is 0.293 e. The van der Waals surface area contributed by atoms with E-state index in [1.165, 1.54) is 19.3 Å². The average molecular weight is 371 g/mol. The first-order chi connectivity index (χ1) is 12.9. The number of anilines is 1. The van der Waals surface area contributed by atoms with E-state index in [1.807, 2.05) is 11.8 Å². The van der Waals surface area contributed by atoms with Gasteiger partial charge >= 0.3 is 0 Å². The highest BCUT2D eigenvalue weighted by Crippen LogP contribution is 2.31. The van der Waals surface area contributed by atoms with Crippen LogP contribution in [0.25, 0.3) is 0 Å². The van der Waals surface area contributed by atoms with Crippen molar-refractivity contribution in [2.45, 2.75) is 32.7 Å². The molecular weight excluding hydrogens is 350 g/mol. The Bertz CT molecular complexity index is 881. The number of nitro groups is 1. The Labute approximate surface area is 156 Å². The molecular formula is C19H21N3O5. The number of nitrogens with zero attached hydrogens (tertiary/aromatic N) is 2. The minimum Gasteiger partial charge on any atom is -0.459 e. The summed E-state index contributed by atoms with van der Waals surface area (Å²) in [5.74, 6) is -0.139. The Morgan fingerprint density at radius 3 is 2.52 bits per heavy atom. The van der Waals surface area contributed by atoms with Gasteiger partial charge in [0, 0.05) is 36.3 Å². The van der Waals surface area contributed by atoms with Crippen LogP contribution in [-0.4, -0.2) is 35.7 Å². The molecule has 1 aromatic carbocycles. The molecule has 0 unspecified atom stereocenters. The van der Waals surface area contributed by atoms with Crippen molar-refractivity contribution in [3.8, 4) is 0 Å². The number of Topliss-reactive ketones (excluding diaryl/α,β-unsaturated/α-hetero) is 1. The first-order valence-electron chi connectivity index (χ1n) is 8.76. The molecule has 1 N–H and O–H groups in total. The minimum absolute atomic E-state index is 0.0196. The van der Waals surface area contributed by atoms with Crippen LogP contribution in [0, 0.1) is 17.0 Å². The fourth-order valence-corrected chi connectivity index (χ4v) is 3.28. The van der Waals surface area contributed by atoms with E-state index in [9.17, 15) is 19.7 Å². The predicted octanol–water partition coefficient (Wildman–Crippen LogP) is 3.10. The van der Waals surface area contributed by atoms with Gasteiger partial charge in [-0.25, -0.2) is 0 Å². The van der Waals surface area contributed by atoms with Crippen molar-refractivity contribution in [2.24, 2.45) is 0 Å². The maximum atomic E-state index is 12.3. The number of amides is 1. The molecule has 0 bridgehead atoms. The number of hydrogen-bond acceptors (Lipinski definition) is 6. The van der Waals surface area contributed by atoms with Crippen LogP contribution in [0.4, 0.5) is 11.4 Å². The number of carbonyl (C=O) groups excluding carboxylic acids is 2. The monoisotopic (exact) mass is 371 g/mol. The molecule has 0 atom stereocenters. The van der Waals surface area contributed by atoms with Gasteiger partial charge in [-0.1, -0.05) is 0 Å². The average Bonchev–Trinajstić information content (AvgIpc) is 3.08. The molecule has 1 aliphatic rings. The third-order valence-corrected chi connectivity index (χ3v) is 4.82. The van der Waals surface area contributed by atoms with E-state index in [-0.39, 0.29) is 23.4 Å². The van der Waals surface area contributed by atoms with Crippen LogP contribution in [0.3, 0.4) is 0 Å². The molecule has 8 nitrogen and oxygen atoms in total. The van der Waals surface area contributed by atoms with Gasteiger partial charge < -0.3 is 14.6 Å². The lowest BCUT2D eigenvalue weighted by Crippen LogP contribution is -2.44. The van der Waals surface area contributed by atoms with Crippen LogP contribution in [0.5, 0.6) is 0 Å². The number of nitrogens with one attached hydrogen (secondary N) is 1. The summed E-state index contributed by atoms with van der Waals surface area (Å²) in [6.07, 6.45) is 2.81. The van der Waals surface area contributed by atoms with Gasteiger partial charge in [-0.3, -0.25) is 19.7 Å². The molecule has 1 amide bonds. The molecule has 3 rings (SSSR count). The van der Waals surface area contributed by atoms with E-state index in [1.54, 1.807) is 18.2 Å². The van der Waals surface area contributed by atoms with Gasteiger partial charge in [-0.05, 0) is 44.9 Å². The lowest BCUT2D eigenvalue weighted by Gasteiger charge is -2.33. The van der Waals surface area contributed by atoms with Crippen molar-refractivity contribution in [3.63, 3.8) is 0 Å². The van der Waals surface area contributed by atoms with Crippen molar-refractivity contribution >= 4 is 23.1 Å². The van der Waals surface area contributed by atoms with Crippen molar-refractivity contribution < 1.29 is 18.9 Å². The Morgan fingerprint density at radius 2 is 1.96 bits per heavy atom. The van der Waals surface area contributed by atoms with Gasteiger partial charge in [0.25, 0.3) is 11.6 Å². The lowest BCUT2D eigenvalue weighted by atomic mass is 10.0. The molecule has 27 heavy (non-hydrogen) atoms. The van der Waals surface area contributed by atoms with Crippen LogP contribution in [0.2, 0.25) is 0 Å². The summed E-state index contributed by atoms with van der Waals surface area (Å²) in [4.78, 5) is 36.6. The lowest BCUT2D eigenvalue weighted by molar-refractivity contribution is -0.384. The zero-order valence-electron chi connectivity index (χ0n) is 15.2. The number of nitro benzene ring substituents is 1. The molecule has 2 heterocycles. The summed E-state index contributed by atoms with van der Waals surface area (Å²) in [7, 11) is 0. The topological polar surface area (TPSA) is 106 Å². The molecule has 0 aliphatic carbocycles. The molecule has 0 saturated carbocycles. The van der Waals surface area contributed by atoms with Crippen molar-refractivity contribution in [3.05, 3.63) is 57.5 Å². The van der Waals surface area contributed by atoms with E-state index in [0.717, 1.165) is 5.56 Å². The Kier molecular flexibility index (Phi) is 5.25. The Morgan fingerprint density at radius 1 is 1.26 bits per heavy atom. The van der Waals surface area contributed by atoms with Gasteiger partial charge in [0.1, 0.15) is 5.69 Å². The van der Waals surface area contributed by atoms with Crippen LogP contribution in [-0.2, 0) is 0 Å². The molecule has 2 aromatic rings. The Balaban J connectivity index is 1.67. The van der Waals surface area contributed by atoms with Gasteiger partial charge in [-0.2, -0.15) is 0 Å². The third kappa shape index (κ3) is 3.99. The number of aryl methyl sites for hydroxylation is 1. The number of benzene rings is 1. The molecule has 0 radical (unpaired) electrons. The van der Waals surface area contributed by atoms with Gasteiger partial charge in [0.2, 0.25) is 0 Å². The molecule has 1 saturated heterocycles. The molecule has 0 spiro atoms. The van der Waals surface area contributed by atoms with Crippen LogP contribution >= 0.6 is 0 Å². The van der Waals surface area contributed by atoms with E-state index in [4.69, 9.17) is 4.42 Å². The smallest absolute Gasteiger partial charge is 0.293 e. The van der Waals surface area contributed by atoms with Gasteiger partial charge in [-0.15, -0.1) is 0 Å². The SMILES string of the molecule is CC(=O)c1ccc(N2CCC(NC(=O)c3occc3C)CC2)c([N+](=O)[O-])c1. The quantitative estimate of drug-likeness (QED) is 0.492. The molecule has 142 valence electrons. The first kappa shape index (κ1) is 18.6. The van der Waals surface area contributed by atoms with Gasteiger partial charge in [0.05, 0.1) is 11.2 Å². The highest BCUT2D eigenvalue weighted by atomic mass is 16.6. The highest BCUT2D eigenvalue weighted by molar-refractivity contribution is 5.95. The zero-order valence-corrected chi connectivity index (χ0v) is 15.2. The zero-order chi connectivity index (χ0) is 19.6. The molecule has 1 aromatic heterocycles. The second-order valence-corrected chi connectivity index (χ2v) is 6.68. The second-order valence-electron chi connectivity index (χ2n) is 6.68. The summed E-state index contributed by atoms with van der Waals surface area (Å²) in [5, 5.41) is 14.4. The van der Waals surface area contributed by atoms with E-state index in [2.05, 4.69) is 5.32 Å². The van der Waals surface area contributed by atoms with Crippen molar-refractivity contribution in [1.82, 2.24) is 5.32 Å². The number of furan rings is 1. The fraction of sp³-hybridized carbons (Fsp3) is 0.368.